The van der Waals surface area contributed by atoms with Crippen molar-refractivity contribution in [3.63, 3.8) is 0 Å². The highest BCUT2D eigenvalue weighted by molar-refractivity contribution is 5.95. The maximum Gasteiger partial charge on any atom is 0.270 e. The van der Waals surface area contributed by atoms with Crippen molar-refractivity contribution in [2.45, 2.75) is 32.9 Å². The minimum Gasteiger partial charge on any atom is -0.496 e. The highest BCUT2D eigenvalue weighted by Crippen LogP contribution is 2.43. The van der Waals surface area contributed by atoms with Crippen molar-refractivity contribution in [1.82, 2.24) is 0 Å². The summed E-state index contributed by atoms with van der Waals surface area (Å²) in [5.41, 5.74) is 5.21. The number of hydrogen-bond donors (Lipinski definition) is 0. The zero-order valence-corrected chi connectivity index (χ0v) is 22.7. The number of non-ortho nitro benzene ring substituents is 1. The first-order valence-corrected chi connectivity index (χ1v) is 12.7. The maximum absolute atomic E-state index is 11.4. The Labute approximate surface area is 226 Å². The average molecular weight is 532 g/mol. The second kappa shape index (κ2) is 10.7. The molecule has 202 valence electrons. The lowest BCUT2D eigenvalue weighted by molar-refractivity contribution is -0.686. The standard InChI is InChI=1S/C30H31N2O7/c1-6-21-22-8-10-26(36-3)30(39-17-19-13-20(32(33)34)7-9-25(19)35-2)24(22)16-31-12-11-18-14-27(37-4)28(38-5)15-23(18)29(21)31/h7-10,13-16H,6,11-12,17H2,1-5H3/q+1. The van der Waals surface area contributed by atoms with Gasteiger partial charge >= 0.3 is 0 Å². The van der Waals surface area contributed by atoms with E-state index in [4.69, 9.17) is 23.7 Å². The first-order valence-electron chi connectivity index (χ1n) is 12.7. The second-order valence-corrected chi connectivity index (χ2v) is 9.22. The lowest BCUT2D eigenvalue weighted by Gasteiger charge is -2.22. The number of methoxy groups -OCH3 is 4. The van der Waals surface area contributed by atoms with Crippen LogP contribution in [0.5, 0.6) is 28.7 Å². The van der Waals surface area contributed by atoms with Crippen LogP contribution in [0.15, 0.2) is 48.7 Å². The Morgan fingerprint density at radius 2 is 1.56 bits per heavy atom. The molecular formula is C30H31N2O7+. The van der Waals surface area contributed by atoms with Crippen molar-refractivity contribution in [2.24, 2.45) is 0 Å². The Kier molecular flexibility index (Phi) is 7.15. The van der Waals surface area contributed by atoms with E-state index in [-0.39, 0.29) is 12.3 Å². The van der Waals surface area contributed by atoms with E-state index >= 15 is 0 Å². The zero-order valence-electron chi connectivity index (χ0n) is 22.7. The molecule has 3 aromatic carbocycles. The number of benzene rings is 3. The van der Waals surface area contributed by atoms with Gasteiger partial charge in [-0.1, -0.05) is 6.92 Å². The van der Waals surface area contributed by atoms with Crippen LogP contribution in [0, 0.1) is 10.1 Å². The van der Waals surface area contributed by atoms with E-state index in [2.05, 4.69) is 35.9 Å². The molecule has 0 saturated heterocycles. The summed E-state index contributed by atoms with van der Waals surface area (Å²) in [7, 11) is 6.43. The van der Waals surface area contributed by atoms with Gasteiger partial charge in [0.15, 0.2) is 35.7 Å². The number of ether oxygens (including phenoxy) is 5. The minimum atomic E-state index is -0.430. The summed E-state index contributed by atoms with van der Waals surface area (Å²) in [5.74, 6) is 3.09. The number of nitrogens with zero attached hydrogens (tertiary/aromatic N) is 2. The van der Waals surface area contributed by atoms with Gasteiger partial charge in [0.05, 0.1) is 44.3 Å². The summed E-state index contributed by atoms with van der Waals surface area (Å²) in [6, 6.07) is 12.6. The Morgan fingerprint density at radius 3 is 2.23 bits per heavy atom. The number of aromatic nitrogens is 1. The van der Waals surface area contributed by atoms with E-state index < -0.39 is 4.92 Å². The molecule has 9 heteroatoms. The lowest BCUT2D eigenvalue weighted by Crippen LogP contribution is -2.41. The number of rotatable bonds is 9. The van der Waals surface area contributed by atoms with Crippen LogP contribution in [-0.4, -0.2) is 33.4 Å². The van der Waals surface area contributed by atoms with E-state index in [1.807, 2.05) is 6.07 Å². The predicted molar refractivity (Wildman–Crippen MR) is 146 cm³/mol. The van der Waals surface area contributed by atoms with Gasteiger partial charge in [-0.15, -0.1) is 0 Å². The van der Waals surface area contributed by atoms with Crippen LogP contribution in [0.3, 0.4) is 0 Å². The smallest absolute Gasteiger partial charge is 0.270 e. The summed E-state index contributed by atoms with van der Waals surface area (Å²) >= 11 is 0. The Morgan fingerprint density at radius 1 is 0.872 bits per heavy atom. The molecular weight excluding hydrogens is 500 g/mol. The molecule has 0 N–H and O–H groups in total. The molecule has 0 bridgehead atoms. The summed E-state index contributed by atoms with van der Waals surface area (Å²) in [6.07, 6.45) is 3.74. The van der Waals surface area contributed by atoms with E-state index in [0.717, 1.165) is 47.2 Å². The zero-order chi connectivity index (χ0) is 27.7. The first kappa shape index (κ1) is 26.1. The van der Waals surface area contributed by atoms with Crippen molar-refractivity contribution in [2.75, 3.05) is 28.4 Å². The number of aryl methyl sites for hydroxylation is 3. The molecule has 9 nitrogen and oxygen atoms in total. The predicted octanol–water partition coefficient (Wildman–Crippen LogP) is 5.43. The lowest BCUT2D eigenvalue weighted by atomic mass is 9.90. The number of hydrogen-bond acceptors (Lipinski definition) is 7. The van der Waals surface area contributed by atoms with Crippen LogP contribution >= 0.6 is 0 Å². The van der Waals surface area contributed by atoms with Crippen LogP contribution in [0.1, 0.15) is 23.6 Å². The third-order valence-corrected chi connectivity index (χ3v) is 7.25. The monoisotopic (exact) mass is 531 g/mol. The number of nitro groups is 1. The topological polar surface area (TPSA) is 93.2 Å². The van der Waals surface area contributed by atoms with Gasteiger partial charge in [0, 0.05) is 35.1 Å². The third-order valence-electron chi connectivity index (χ3n) is 7.25. The molecule has 1 aromatic heterocycles. The van der Waals surface area contributed by atoms with Gasteiger partial charge in [0.25, 0.3) is 5.69 Å². The molecule has 0 amide bonds. The second-order valence-electron chi connectivity index (χ2n) is 9.22. The van der Waals surface area contributed by atoms with Gasteiger partial charge in [0.1, 0.15) is 12.4 Å². The van der Waals surface area contributed by atoms with E-state index in [0.29, 0.717) is 28.6 Å². The molecule has 5 rings (SSSR count). The molecule has 0 spiro atoms. The fourth-order valence-corrected chi connectivity index (χ4v) is 5.38. The number of fused-ring (bicyclic) bond motifs is 4. The molecule has 0 radical (unpaired) electrons. The van der Waals surface area contributed by atoms with Crippen LogP contribution in [0.25, 0.3) is 22.0 Å². The normalized spacial score (nSPS) is 11.9. The summed E-state index contributed by atoms with van der Waals surface area (Å²) in [4.78, 5) is 10.9. The largest absolute Gasteiger partial charge is 0.496 e. The minimum absolute atomic E-state index is 0.0251. The van der Waals surface area contributed by atoms with E-state index in [9.17, 15) is 10.1 Å². The van der Waals surface area contributed by atoms with Crippen LogP contribution in [0.2, 0.25) is 0 Å². The van der Waals surface area contributed by atoms with Crippen LogP contribution in [0.4, 0.5) is 5.69 Å². The highest BCUT2D eigenvalue weighted by atomic mass is 16.6. The summed E-state index contributed by atoms with van der Waals surface area (Å²) in [6.45, 7) is 3.00. The SMILES string of the molecule is CCc1c2[n+](cc3c(OCc4cc([N+](=O)[O-])ccc4OC)c(OC)ccc13)CCc1cc(OC)c(OC)cc1-2. The van der Waals surface area contributed by atoms with Gasteiger partial charge in [-0.05, 0) is 42.3 Å². The quantitative estimate of drug-likeness (QED) is 0.161. The molecule has 1 aliphatic rings. The average Bonchev–Trinajstić information content (AvgIpc) is 2.97. The molecule has 0 unspecified atom stereocenters. The first-order chi connectivity index (χ1) is 18.9. The van der Waals surface area contributed by atoms with Gasteiger partial charge in [-0.25, -0.2) is 0 Å². The summed E-state index contributed by atoms with van der Waals surface area (Å²) in [5, 5.41) is 13.3. The van der Waals surface area contributed by atoms with Crippen molar-refractivity contribution in [1.29, 1.82) is 0 Å². The molecule has 2 heterocycles. The van der Waals surface area contributed by atoms with Gasteiger partial charge in [-0.3, -0.25) is 10.1 Å². The molecule has 1 aliphatic heterocycles. The summed E-state index contributed by atoms with van der Waals surface area (Å²) < 4.78 is 30.9. The van der Waals surface area contributed by atoms with Crippen molar-refractivity contribution >= 4 is 16.5 Å². The van der Waals surface area contributed by atoms with Crippen molar-refractivity contribution in [3.8, 4) is 40.0 Å². The molecule has 39 heavy (non-hydrogen) atoms. The van der Waals surface area contributed by atoms with Gasteiger partial charge in [-0.2, -0.15) is 4.57 Å². The van der Waals surface area contributed by atoms with Crippen molar-refractivity contribution in [3.05, 3.63) is 75.5 Å². The number of pyridine rings is 1. The fraction of sp³-hybridized carbons (Fsp3) is 0.300. The fourth-order valence-electron chi connectivity index (χ4n) is 5.38. The van der Waals surface area contributed by atoms with E-state index in [1.165, 1.54) is 30.4 Å². The van der Waals surface area contributed by atoms with Gasteiger partial charge in [0.2, 0.25) is 5.69 Å². The third kappa shape index (κ3) is 4.54. The highest BCUT2D eigenvalue weighted by Gasteiger charge is 2.31. The number of nitro benzene ring substituents is 1. The maximum atomic E-state index is 11.4. The Bertz CT molecular complexity index is 1580. The van der Waals surface area contributed by atoms with Gasteiger partial charge < -0.3 is 23.7 Å². The molecule has 0 saturated carbocycles. The molecule has 0 fully saturated rings. The van der Waals surface area contributed by atoms with E-state index in [1.54, 1.807) is 27.4 Å². The van der Waals surface area contributed by atoms with Crippen LogP contribution in [-0.2, 0) is 26.0 Å². The van der Waals surface area contributed by atoms with Crippen molar-refractivity contribution < 1.29 is 33.2 Å². The van der Waals surface area contributed by atoms with Crippen LogP contribution < -0.4 is 28.3 Å². The molecule has 4 aromatic rings. The molecule has 0 aliphatic carbocycles. The Balaban J connectivity index is 1.66. The Hall–Kier alpha value is -4.53. The molecule has 0 atom stereocenters.